The van der Waals surface area contributed by atoms with Crippen LogP contribution in [0.15, 0.2) is 18.3 Å². The van der Waals surface area contributed by atoms with E-state index in [1.165, 1.54) is 44.6 Å². The molecule has 3 heterocycles. The van der Waals surface area contributed by atoms with Gasteiger partial charge in [0, 0.05) is 30.9 Å². The Bertz CT molecular complexity index is 401. The lowest BCUT2D eigenvalue weighted by molar-refractivity contribution is 0.115. The molecular formula is C15H23N3. The predicted octanol–water partition coefficient (Wildman–Crippen LogP) is 2.45. The molecule has 0 spiro atoms. The lowest BCUT2D eigenvalue weighted by Crippen LogP contribution is -2.58. The number of piperidine rings is 1. The molecule has 0 amide bonds. The predicted molar refractivity (Wildman–Crippen MR) is 75.0 cm³/mol. The van der Waals surface area contributed by atoms with Crippen LogP contribution in [0.4, 0.5) is 5.69 Å². The van der Waals surface area contributed by atoms with E-state index in [4.69, 9.17) is 0 Å². The summed E-state index contributed by atoms with van der Waals surface area (Å²) in [6.07, 6.45) is 6.18. The first kappa shape index (κ1) is 12.0. The first-order chi connectivity index (χ1) is 8.74. The second-order valence-corrected chi connectivity index (χ2v) is 5.80. The summed E-state index contributed by atoms with van der Waals surface area (Å²) in [7, 11) is 0. The monoisotopic (exact) mass is 245 g/mol. The Morgan fingerprint density at radius 2 is 2.11 bits per heavy atom. The molecule has 3 nitrogen and oxygen atoms in total. The normalized spacial score (nSPS) is 29.1. The van der Waals surface area contributed by atoms with E-state index in [1.54, 1.807) is 0 Å². The van der Waals surface area contributed by atoms with E-state index in [0.717, 1.165) is 11.7 Å². The number of aromatic nitrogens is 1. The van der Waals surface area contributed by atoms with Crippen LogP contribution in [0.2, 0.25) is 0 Å². The van der Waals surface area contributed by atoms with Crippen molar-refractivity contribution in [1.29, 1.82) is 0 Å². The molecule has 3 rings (SSSR count). The summed E-state index contributed by atoms with van der Waals surface area (Å²) in [5, 5.41) is 0. The van der Waals surface area contributed by atoms with Gasteiger partial charge in [0.15, 0.2) is 0 Å². The number of hydrogen-bond donors (Lipinski definition) is 0. The Morgan fingerprint density at radius 3 is 2.89 bits per heavy atom. The van der Waals surface area contributed by atoms with Crippen LogP contribution in [0.3, 0.4) is 0 Å². The molecule has 2 aliphatic heterocycles. The van der Waals surface area contributed by atoms with Gasteiger partial charge in [0.05, 0.1) is 11.9 Å². The van der Waals surface area contributed by atoms with E-state index < -0.39 is 0 Å². The third-order valence-corrected chi connectivity index (χ3v) is 4.41. The van der Waals surface area contributed by atoms with Crippen LogP contribution in [-0.4, -0.2) is 41.6 Å². The molecule has 1 aromatic rings. The number of rotatable bonds is 1. The highest BCUT2D eigenvalue weighted by Crippen LogP contribution is 2.27. The maximum Gasteiger partial charge on any atom is 0.0556 e. The van der Waals surface area contributed by atoms with E-state index in [0.29, 0.717) is 6.04 Å². The molecule has 2 aliphatic rings. The second kappa shape index (κ2) is 4.88. The zero-order valence-electron chi connectivity index (χ0n) is 11.5. The van der Waals surface area contributed by atoms with E-state index >= 15 is 0 Å². The number of nitrogens with zero attached hydrogens (tertiary/aromatic N) is 3. The minimum atomic E-state index is 0.601. The second-order valence-electron chi connectivity index (χ2n) is 5.80. The molecule has 2 fully saturated rings. The first-order valence-electron chi connectivity index (χ1n) is 7.17. The van der Waals surface area contributed by atoms with Gasteiger partial charge in [-0.1, -0.05) is 6.42 Å². The quantitative estimate of drug-likeness (QED) is 0.757. The van der Waals surface area contributed by atoms with Crippen LogP contribution in [-0.2, 0) is 0 Å². The molecule has 0 N–H and O–H groups in total. The van der Waals surface area contributed by atoms with Crippen LogP contribution in [0, 0.1) is 6.92 Å². The zero-order valence-corrected chi connectivity index (χ0v) is 11.5. The Hall–Kier alpha value is -1.09. The molecule has 0 bridgehead atoms. The lowest BCUT2D eigenvalue weighted by Gasteiger charge is -2.48. The zero-order chi connectivity index (χ0) is 12.5. The summed E-state index contributed by atoms with van der Waals surface area (Å²) in [6.45, 7) is 8.07. The maximum atomic E-state index is 4.44. The molecule has 2 unspecified atom stereocenters. The Balaban J connectivity index is 1.77. The molecular weight excluding hydrogens is 222 g/mol. The van der Waals surface area contributed by atoms with Crippen molar-refractivity contribution in [2.75, 3.05) is 24.5 Å². The van der Waals surface area contributed by atoms with Crippen LogP contribution >= 0.6 is 0 Å². The molecule has 1 aromatic heterocycles. The Labute approximate surface area is 110 Å². The maximum absolute atomic E-state index is 4.44. The fraction of sp³-hybridized carbons (Fsp3) is 0.667. The fourth-order valence-corrected chi connectivity index (χ4v) is 3.34. The topological polar surface area (TPSA) is 19.4 Å². The molecule has 0 aromatic carbocycles. The van der Waals surface area contributed by atoms with Crippen LogP contribution in [0.1, 0.15) is 31.9 Å². The third-order valence-electron chi connectivity index (χ3n) is 4.41. The number of anilines is 1. The van der Waals surface area contributed by atoms with Crippen molar-refractivity contribution >= 4 is 5.69 Å². The number of fused-ring (bicyclic) bond motifs is 1. The smallest absolute Gasteiger partial charge is 0.0556 e. The molecule has 0 radical (unpaired) electrons. The molecule has 3 heteroatoms. The third kappa shape index (κ3) is 2.24. The van der Waals surface area contributed by atoms with Gasteiger partial charge in [-0.2, -0.15) is 0 Å². The minimum absolute atomic E-state index is 0.601. The molecule has 0 saturated carbocycles. The number of piperazine rings is 1. The Kier molecular flexibility index (Phi) is 3.25. The van der Waals surface area contributed by atoms with Gasteiger partial charge >= 0.3 is 0 Å². The SMILES string of the molecule is Cc1ccc(N2CC3CCCCN3CC2C)cn1. The summed E-state index contributed by atoms with van der Waals surface area (Å²) >= 11 is 0. The van der Waals surface area contributed by atoms with Gasteiger partial charge in [-0.3, -0.25) is 9.88 Å². The van der Waals surface area contributed by atoms with Crippen LogP contribution in [0.25, 0.3) is 0 Å². The highest BCUT2D eigenvalue weighted by Gasteiger charge is 2.32. The molecule has 0 aliphatic carbocycles. The number of aryl methyl sites for hydroxylation is 1. The van der Waals surface area contributed by atoms with Gasteiger partial charge in [-0.15, -0.1) is 0 Å². The van der Waals surface area contributed by atoms with Crippen molar-refractivity contribution in [3.8, 4) is 0 Å². The van der Waals surface area contributed by atoms with Crippen molar-refractivity contribution in [1.82, 2.24) is 9.88 Å². The van der Waals surface area contributed by atoms with Crippen LogP contribution < -0.4 is 4.90 Å². The summed E-state index contributed by atoms with van der Waals surface area (Å²) in [5.74, 6) is 0. The lowest BCUT2D eigenvalue weighted by atomic mass is 9.97. The van der Waals surface area contributed by atoms with E-state index in [2.05, 4.69) is 33.8 Å². The van der Waals surface area contributed by atoms with Crippen molar-refractivity contribution in [2.45, 2.75) is 45.2 Å². The highest BCUT2D eigenvalue weighted by molar-refractivity contribution is 5.46. The van der Waals surface area contributed by atoms with Gasteiger partial charge in [-0.05, 0) is 45.4 Å². The highest BCUT2D eigenvalue weighted by atomic mass is 15.3. The van der Waals surface area contributed by atoms with Crippen molar-refractivity contribution in [3.63, 3.8) is 0 Å². The van der Waals surface area contributed by atoms with Crippen molar-refractivity contribution in [3.05, 3.63) is 24.0 Å². The number of hydrogen-bond acceptors (Lipinski definition) is 3. The summed E-state index contributed by atoms with van der Waals surface area (Å²) in [4.78, 5) is 9.66. The summed E-state index contributed by atoms with van der Waals surface area (Å²) in [5.41, 5.74) is 2.39. The van der Waals surface area contributed by atoms with Crippen molar-refractivity contribution in [2.24, 2.45) is 0 Å². The average molecular weight is 245 g/mol. The van der Waals surface area contributed by atoms with E-state index in [9.17, 15) is 0 Å². The first-order valence-corrected chi connectivity index (χ1v) is 7.17. The summed E-state index contributed by atoms with van der Waals surface area (Å²) in [6, 6.07) is 5.70. The summed E-state index contributed by atoms with van der Waals surface area (Å²) < 4.78 is 0. The largest absolute Gasteiger partial charge is 0.365 e. The van der Waals surface area contributed by atoms with Gasteiger partial charge in [0.2, 0.25) is 0 Å². The molecule has 2 saturated heterocycles. The number of pyridine rings is 1. The minimum Gasteiger partial charge on any atom is -0.365 e. The van der Waals surface area contributed by atoms with Gasteiger partial charge in [0.25, 0.3) is 0 Å². The van der Waals surface area contributed by atoms with Crippen LogP contribution in [0.5, 0.6) is 0 Å². The van der Waals surface area contributed by atoms with Gasteiger partial charge in [-0.25, -0.2) is 0 Å². The molecule has 18 heavy (non-hydrogen) atoms. The van der Waals surface area contributed by atoms with Crippen molar-refractivity contribution < 1.29 is 0 Å². The fourth-order valence-electron chi connectivity index (χ4n) is 3.34. The van der Waals surface area contributed by atoms with Gasteiger partial charge < -0.3 is 4.90 Å². The van der Waals surface area contributed by atoms with Gasteiger partial charge in [0.1, 0.15) is 0 Å². The van der Waals surface area contributed by atoms with E-state index in [-0.39, 0.29) is 0 Å². The van der Waals surface area contributed by atoms with E-state index in [1.807, 2.05) is 13.1 Å². The molecule has 2 atom stereocenters. The standard InChI is InChI=1S/C15H23N3/c1-12-6-7-14(9-16-12)18-11-15-5-3-4-8-17(15)10-13(18)2/h6-7,9,13,15H,3-5,8,10-11H2,1-2H3. The Morgan fingerprint density at radius 1 is 1.22 bits per heavy atom. The molecule has 98 valence electrons. The average Bonchev–Trinajstić information content (AvgIpc) is 2.39.